The lowest BCUT2D eigenvalue weighted by Crippen LogP contribution is -2.46. The van der Waals surface area contributed by atoms with Crippen LogP contribution in [0, 0.1) is 0 Å². The van der Waals surface area contributed by atoms with Crippen LogP contribution in [0.15, 0.2) is 18.2 Å². The molecular weight excluding hydrogens is 240 g/mol. The molecule has 4 heteroatoms. The summed E-state index contributed by atoms with van der Waals surface area (Å²) in [5, 5.41) is 9.65. The molecule has 1 N–H and O–H groups in total. The van der Waals surface area contributed by atoms with Gasteiger partial charge in [0.05, 0.1) is 7.11 Å². The van der Waals surface area contributed by atoms with E-state index in [2.05, 4.69) is 23.6 Å². The first-order valence-electron chi connectivity index (χ1n) is 6.99. The molecule has 0 saturated carbocycles. The highest BCUT2D eigenvalue weighted by molar-refractivity contribution is 5.42. The smallest absolute Gasteiger partial charge is 0.160 e. The zero-order valence-electron chi connectivity index (χ0n) is 12.1. The van der Waals surface area contributed by atoms with Crippen molar-refractivity contribution >= 4 is 0 Å². The molecule has 0 radical (unpaired) electrons. The average Bonchev–Trinajstić information content (AvgIpc) is 2.47. The molecule has 1 saturated heterocycles. The Bertz CT molecular complexity index is 415. The summed E-state index contributed by atoms with van der Waals surface area (Å²) in [6.45, 7) is 10.0. The average molecular weight is 264 g/mol. The molecule has 106 valence electrons. The van der Waals surface area contributed by atoms with Gasteiger partial charge in [0.25, 0.3) is 0 Å². The van der Waals surface area contributed by atoms with E-state index in [1.807, 2.05) is 12.1 Å². The molecule has 1 aromatic carbocycles. The van der Waals surface area contributed by atoms with Crippen molar-refractivity contribution in [3.05, 3.63) is 23.8 Å². The second-order valence-electron chi connectivity index (χ2n) is 5.08. The highest BCUT2D eigenvalue weighted by atomic mass is 16.5. The largest absolute Gasteiger partial charge is 0.504 e. The summed E-state index contributed by atoms with van der Waals surface area (Å²) in [6, 6.07) is 5.99. The van der Waals surface area contributed by atoms with Crippen molar-refractivity contribution in [3.63, 3.8) is 0 Å². The van der Waals surface area contributed by atoms with E-state index < -0.39 is 0 Å². The van der Waals surface area contributed by atoms with Gasteiger partial charge in [0.2, 0.25) is 0 Å². The number of rotatable bonds is 4. The predicted molar refractivity (Wildman–Crippen MR) is 76.8 cm³/mol. The first kappa shape index (κ1) is 14.2. The topological polar surface area (TPSA) is 35.9 Å². The molecule has 1 unspecified atom stereocenters. The Morgan fingerprint density at radius 3 is 2.53 bits per heavy atom. The normalized spacial score (nSPS) is 19.3. The number of hydrogen-bond acceptors (Lipinski definition) is 4. The van der Waals surface area contributed by atoms with E-state index in [9.17, 15) is 5.11 Å². The van der Waals surface area contributed by atoms with Gasteiger partial charge in [-0.15, -0.1) is 0 Å². The van der Waals surface area contributed by atoms with Crippen LogP contribution in [0.5, 0.6) is 11.5 Å². The third-order valence-electron chi connectivity index (χ3n) is 4.09. The van der Waals surface area contributed by atoms with Crippen LogP contribution in [0.3, 0.4) is 0 Å². The number of phenols is 1. The molecule has 1 heterocycles. The zero-order chi connectivity index (χ0) is 13.8. The van der Waals surface area contributed by atoms with Gasteiger partial charge < -0.3 is 14.7 Å². The first-order valence-corrected chi connectivity index (χ1v) is 6.99. The van der Waals surface area contributed by atoms with E-state index in [0.29, 0.717) is 11.8 Å². The van der Waals surface area contributed by atoms with Crippen molar-refractivity contribution in [1.82, 2.24) is 9.80 Å². The van der Waals surface area contributed by atoms with Crippen molar-refractivity contribution in [2.45, 2.75) is 19.9 Å². The maximum atomic E-state index is 9.65. The fourth-order valence-corrected chi connectivity index (χ4v) is 2.63. The van der Waals surface area contributed by atoms with Gasteiger partial charge in [-0.05, 0) is 31.2 Å². The van der Waals surface area contributed by atoms with Gasteiger partial charge in [0.15, 0.2) is 11.5 Å². The minimum atomic E-state index is 0.203. The summed E-state index contributed by atoms with van der Waals surface area (Å²) in [6.07, 6.45) is 0. The van der Waals surface area contributed by atoms with Crippen LogP contribution in [-0.2, 0) is 0 Å². The van der Waals surface area contributed by atoms with E-state index >= 15 is 0 Å². The van der Waals surface area contributed by atoms with Crippen LogP contribution >= 0.6 is 0 Å². The SMILES string of the molecule is CCN1CCN(C(C)c2ccc(O)c(OC)c2)CC1. The van der Waals surface area contributed by atoms with Crippen LogP contribution in [0.1, 0.15) is 25.5 Å². The van der Waals surface area contributed by atoms with Gasteiger partial charge in [-0.2, -0.15) is 0 Å². The Morgan fingerprint density at radius 2 is 1.95 bits per heavy atom. The molecule has 0 aliphatic carbocycles. The second kappa shape index (κ2) is 6.26. The second-order valence-corrected chi connectivity index (χ2v) is 5.08. The number of nitrogens with zero attached hydrogens (tertiary/aromatic N) is 2. The van der Waals surface area contributed by atoms with Gasteiger partial charge in [-0.3, -0.25) is 4.90 Å². The van der Waals surface area contributed by atoms with Crippen molar-refractivity contribution in [2.75, 3.05) is 39.8 Å². The number of piperazine rings is 1. The molecule has 1 aliphatic heterocycles. The van der Waals surface area contributed by atoms with Gasteiger partial charge >= 0.3 is 0 Å². The van der Waals surface area contributed by atoms with Crippen molar-refractivity contribution in [3.8, 4) is 11.5 Å². The van der Waals surface area contributed by atoms with Crippen LogP contribution < -0.4 is 4.74 Å². The molecule has 0 spiro atoms. The van der Waals surface area contributed by atoms with E-state index in [1.54, 1.807) is 13.2 Å². The molecule has 1 fully saturated rings. The molecule has 1 aliphatic rings. The molecule has 1 atom stereocenters. The van der Waals surface area contributed by atoms with Crippen LogP contribution in [0.2, 0.25) is 0 Å². The molecule has 2 rings (SSSR count). The van der Waals surface area contributed by atoms with Crippen molar-refractivity contribution < 1.29 is 9.84 Å². The fourth-order valence-electron chi connectivity index (χ4n) is 2.63. The number of phenolic OH excluding ortho intramolecular Hbond substituents is 1. The van der Waals surface area contributed by atoms with Gasteiger partial charge in [-0.25, -0.2) is 0 Å². The minimum absolute atomic E-state index is 0.203. The third kappa shape index (κ3) is 3.19. The maximum absolute atomic E-state index is 9.65. The summed E-state index contributed by atoms with van der Waals surface area (Å²) >= 11 is 0. The molecular formula is C15H24N2O2. The summed E-state index contributed by atoms with van der Waals surface area (Å²) < 4.78 is 5.18. The van der Waals surface area contributed by atoms with Crippen LogP contribution in [0.4, 0.5) is 0 Å². The van der Waals surface area contributed by atoms with Gasteiger partial charge in [0.1, 0.15) is 0 Å². The number of likely N-dealkylation sites (N-methyl/N-ethyl adjacent to an activating group) is 1. The zero-order valence-corrected chi connectivity index (χ0v) is 12.1. The third-order valence-corrected chi connectivity index (χ3v) is 4.09. The van der Waals surface area contributed by atoms with Crippen LogP contribution in [-0.4, -0.2) is 54.7 Å². The Hall–Kier alpha value is -1.26. The molecule has 19 heavy (non-hydrogen) atoms. The number of benzene rings is 1. The molecule has 4 nitrogen and oxygen atoms in total. The Balaban J connectivity index is 2.05. The fraction of sp³-hybridized carbons (Fsp3) is 0.600. The summed E-state index contributed by atoms with van der Waals surface area (Å²) in [5.41, 5.74) is 1.19. The van der Waals surface area contributed by atoms with E-state index in [1.165, 1.54) is 5.56 Å². The predicted octanol–water partition coefficient (Wildman–Crippen LogP) is 2.10. The number of ether oxygens (including phenoxy) is 1. The lowest BCUT2D eigenvalue weighted by molar-refractivity contribution is 0.106. The van der Waals surface area contributed by atoms with E-state index in [-0.39, 0.29) is 5.75 Å². The summed E-state index contributed by atoms with van der Waals surface area (Å²) in [5.74, 6) is 0.755. The summed E-state index contributed by atoms with van der Waals surface area (Å²) in [7, 11) is 1.59. The molecule has 1 aromatic rings. The Morgan fingerprint density at radius 1 is 1.26 bits per heavy atom. The molecule has 0 amide bonds. The van der Waals surface area contributed by atoms with Crippen molar-refractivity contribution in [1.29, 1.82) is 0 Å². The van der Waals surface area contributed by atoms with E-state index in [0.717, 1.165) is 32.7 Å². The maximum Gasteiger partial charge on any atom is 0.160 e. The number of hydrogen-bond donors (Lipinski definition) is 1. The Labute approximate surface area is 115 Å². The monoisotopic (exact) mass is 264 g/mol. The lowest BCUT2D eigenvalue weighted by atomic mass is 10.1. The quantitative estimate of drug-likeness (QED) is 0.903. The first-order chi connectivity index (χ1) is 9.15. The lowest BCUT2D eigenvalue weighted by Gasteiger charge is -2.37. The number of methoxy groups -OCH3 is 1. The highest BCUT2D eigenvalue weighted by Crippen LogP contribution is 2.31. The van der Waals surface area contributed by atoms with Crippen LogP contribution in [0.25, 0.3) is 0 Å². The Kier molecular flexibility index (Phi) is 4.66. The van der Waals surface area contributed by atoms with Gasteiger partial charge in [-0.1, -0.05) is 13.0 Å². The highest BCUT2D eigenvalue weighted by Gasteiger charge is 2.21. The van der Waals surface area contributed by atoms with E-state index in [4.69, 9.17) is 4.74 Å². The minimum Gasteiger partial charge on any atom is -0.504 e. The summed E-state index contributed by atoms with van der Waals surface area (Å²) in [4.78, 5) is 4.96. The molecule has 0 bridgehead atoms. The van der Waals surface area contributed by atoms with Crippen molar-refractivity contribution in [2.24, 2.45) is 0 Å². The molecule has 0 aromatic heterocycles. The standard InChI is InChI=1S/C15H24N2O2/c1-4-16-7-9-17(10-8-16)12(2)13-5-6-14(18)15(11-13)19-3/h5-6,11-12,18H,4,7-10H2,1-3H3. The van der Waals surface area contributed by atoms with Gasteiger partial charge in [0, 0.05) is 32.2 Å². The number of aromatic hydroxyl groups is 1.